The smallest absolute Gasteiger partial charge is 0.133 e. The topological polar surface area (TPSA) is 9.23 Å². The van der Waals surface area contributed by atoms with Gasteiger partial charge < -0.3 is 4.74 Å². The lowest BCUT2D eigenvalue weighted by atomic mass is 10.3. The number of rotatable bonds is 6. The molecule has 1 aromatic rings. The minimum absolute atomic E-state index is 0.745. The van der Waals surface area contributed by atoms with E-state index in [0.29, 0.717) is 0 Å². The van der Waals surface area contributed by atoms with Crippen LogP contribution in [0.5, 0.6) is 5.75 Å². The highest BCUT2D eigenvalue weighted by molar-refractivity contribution is 9.10. The monoisotopic (exact) mass is 276 g/mol. The molecule has 0 N–H and O–H groups in total. The third-order valence-corrected chi connectivity index (χ3v) is 2.79. The molecule has 14 heavy (non-hydrogen) atoms. The Labute approximate surface area is 98.5 Å². The number of hydrogen-bond donors (Lipinski definition) is 0. The van der Waals surface area contributed by atoms with Crippen LogP contribution in [0.15, 0.2) is 28.7 Å². The number of benzene rings is 1. The fourth-order valence-corrected chi connectivity index (χ4v) is 1.71. The van der Waals surface area contributed by atoms with Gasteiger partial charge in [0.2, 0.25) is 0 Å². The van der Waals surface area contributed by atoms with Crippen molar-refractivity contribution in [1.29, 1.82) is 0 Å². The Hall–Kier alpha value is -0.210. The van der Waals surface area contributed by atoms with Crippen LogP contribution in [0.2, 0.25) is 0 Å². The summed E-state index contributed by atoms with van der Waals surface area (Å²) in [4.78, 5) is 0. The van der Waals surface area contributed by atoms with Crippen LogP contribution in [0.25, 0.3) is 0 Å². The summed E-state index contributed by atoms with van der Waals surface area (Å²) in [6.45, 7) is 0.763. The van der Waals surface area contributed by atoms with Crippen LogP contribution in [0.1, 0.15) is 19.3 Å². The standard InChI is InChI=1S/C11H14BrClO/c12-10-6-2-3-7-11(10)14-9-5-1-4-8-13/h2-3,6-7H,1,4-5,8-9H2. The first-order valence-corrected chi connectivity index (χ1v) is 6.10. The van der Waals surface area contributed by atoms with Crippen LogP contribution >= 0.6 is 27.5 Å². The van der Waals surface area contributed by atoms with Crippen molar-refractivity contribution in [3.8, 4) is 5.75 Å². The van der Waals surface area contributed by atoms with Crippen molar-refractivity contribution in [2.75, 3.05) is 12.5 Å². The minimum atomic E-state index is 0.745. The van der Waals surface area contributed by atoms with Gasteiger partial charge in [-0.05, 0) is 47.3 Å². The molecule has 0 unspecified atom stereocenters. The zero-order chi connectivity index (χ0) is 10.2. The molecule has 0 saturated carbocycles. The zero-order valence-electron chi connectivity index (χ0n) is 8.01. The second-order valence-corrected chi connectivity index (χ2v) is 4.26. The highest BCUT2D eigenvalue weighted by Crippen LogP contribution is 2.23. The van der Waals surface area contributed by atoms with Crippen molar-refractivity contribution in [3.05, 3.63) is 28.7 Å². The van der Waals surface area contributed by atoms with E-state index < -0.39 is 0 Å². The van der Waals surface area contributed by atoms with Gasteiger partial charge in [-0.25, -0.2) is 0 Å². The highest BCUT2D eigenvalue weighted by Gasteiger charge is 1.97. The summed E-state index contributed by atoms with van der Waals surface area (Å²) < 4.78 is 6.60. The van der Waals surface area contributed by atoms with Gasteiger partial charge in [0.25, 0.3) is 0 Å². The largest absolute Gasteiger partial charge is 0.492 e. The van der Waals surface area contributed by atoms with E-state index in [9.17, 15) is 0 Å². The molecule has 0 aliphatic heterocycles. The van der Waals surface area contributed by atoms with E-state index in [1.807, 2.05) is 24.3 Å². The molecular weight excluding hydrogens is 263 g/mol. The predicted octanol–water partition coefficient (Wildman–Crippen LogP) is 4.24. The summed E-state index contributed by atoms with van der Waals surface area (Å²) in [5, 5.41) is 0. The Balaban J connectivity index is 2.21. The van der Waals surface area contributed by atoms with E-state index in [1.165, 1.54) is 0 Å². The second-order valence-electron chi connectivity index (χ2n) is 3.03. The number of alkyl halides is 1. The molecule has 1 rings (SSSR count). The lowest BCUT2D eigenvalue weighted by molar-refractivity contribution is 0.304. The third-order valence-electron chi connectivity index (χ3n) is 1.87. The Bertz CT molecular complexity index is 265. The Morgan fingerprint density at radius 2 is 1.93 bits per heavy atom. The maximum Gasteiger partial charge on any atom is 0.133 e. The van der Waals surface area contributed by atoms with Crippen molar-refractivity contribution < 1.29 is 4.74 Å². The SMILES string of the molecule is ClCCCCCOc1ccccc1Br. The fourth-order valence-electron chi connectivity index (χ4n) is 1.12. The number of para-hydroxylation sites is 1. The summed E-state index contributed by atoms with van der Waals surface area (Å²) in [7, 11) is 0. The van der Waals surface area contributed by atoms with E-state index in [2.05, 4.69) is 15.9 Å². The summed E-state index contributed by atoms with van der Waals surface area (Å²) in [5.74, 6) is 1.66. The number of hydrogen-bond acceptors (Lipinski definition) is 1. The molecule has 0 saturated heterocycles. The molecule has 0 heterocycles. The van der Waals surface area contributed by atoms with E-state index in [0.717, 1.165) is 42.0 Å². The number of halogens is 2. The average Bonchev–Trinajstić information content (AvgIpc) is 2.20. The molecule has 0 atom stereocenters. The van der Waals surface area contributed by atoms with Gasteiger partial charge in [-0.15, -0.1) is 11.6 Å². The molecular formula is C11H14BrClO. The molecule has 0 aliphatic carbocycles. The van der Waals surface area contributed by atoms with Crippen LogP contribution in [0, 0.1) is 0 Å². The van der Waals surface area contributed by atoms with Crippen molar-refractivity contribution in [2.45, 2.75) is 19.3 Å². The molecule has 0 amide bonds. The van der Waals surface area contributed by atoms with Crippen molar-refractivity contribution in [2.24, 2.45) is 0 Å². The van der Waals surface area contributed by atoms with Gasteiger partial charge in [0.1, 0.15) is 5.75 Å². The highest BCUT2D eigenvalue weighted by atomic mass is 79.9. The summed E-state index contributed by atoms with van der Waals surface area (Å²) in [5.41, 5.74) is 0. The van der Waals surface area contributed by atoms with E-state index in [1.54, 1.807) is 0 Å². The van der Waals surface area contributed by atoms with Gasteiger partial charge in [0, 0.05) is 5.88 Å². The normalized spacial score (nSPS) is 10.1. The molecule has 3 heteroatoms. The fraction of sp³-hybridized carbons (Fsp3) is 0.455. The second kappa shape index (κ2) is 7.13. The van der Waals surface area contributed by atoms with Crippen LogP contribution in [-0.2, 0) is 0 Å². The predicted molar refractivity (Wildman–Crippen MR) is 64.2 cm³/mol. The number of unbranched alkanes of at least 4 members (excludes halogenated alkanes) is 2. The Morgan fingerprint density at radius 1 is 1.14 bits per heavy atom. The van der Waals surface area contributed by atoms with Gasteiger partial charge in [-0.3, -0.25) is 0 Å². The van der Waals surface area contributed by atoms with Crippen molar-refractivity contribution >= 4 is 27.5 Å². The first-order chi connectivity index (χ1) is 6.84. The van der Waals surface area contributed by atoms with Crippen molar-refractivity contribution in [1.82, 2.24) is 0 Å². The molecule has 78 valence electrons. The first kappa shape index (κ1) is 11.9. The molecule has 1 nitrogen and oxygen atoms in total. The van der Waals surface area contributed by atoms with E-state index in [4.69, 9.17) is 16.3 Å². The first-order valence-electron chi connectivity index (χ1n) is 4.78. The molecule has 0 aromatic heterocycles. The van der Waals surface area contributed by atoms with Gasteiger partial charge in [-0.1, -0.05) is 12.1 Å². The van der Waals surface area contributed by atoms with E-state index >= 15 is 0 Å². The lowest BCUT2D eigenvalue weighted by Crippen LogP contribution is -1.97. The Morgan fingerprint density at radius 3 is 2.64 bits per heavy atom. The molecule has 0 bridgehead atoms. The lowest BCUT2D eigenvalue weighted by Gasteiger charge is -2.06. The van der Waals surface area contributed by atoms with Crippen molar-refractivity contribution in [3.63, 3.8) is 0 Å². The van der Waals surface area contributed by atoms with E-state index in [-0.39, 0.29) is 0 Å². The minimum Gasteiger partial charge on any atom is -0.492 e. The zero-order valence-corrected chi connectivity index (χ0v) is 10.4. The molecule has 0 aliphatic rings. The third kappa shape index (κ3) is 4.34. The molecule has 1 aromatic carbocycles. The van der Waals surface area contributed by atoms with Crippen LogP contribution in [0.4, 0.5) is 0 Å². The number of ether oxygens (including phenoxy) is 1. The maximum atomic E-state index is 5.59. The summed E-state index contributed by atoms with van der Waals surface area (Å²) >= 11 is 9.01. The van der Waals surface area contributed by atoms with Crippen LogP contribution < -0.4 is 4.74 Å². The van der Waals surface area contributed by atoms with Gasteiger partial charge in [0.15, 0.2) is 0 Å². The average molecular weight is 278 g/mol. The molecule has 0 radical (unpaired) electrons. The van der Waals surface area contributed by atoms with Crippen LogP contribution in [0.3, 0.4) is 0 Å². The summed E-state index contributed by atoms with van der Waals surface area (Å²) in [6, 6.07) is 7.89. The van der Waals surface area contributed by atoms with Crippen LogP contribution in [-0.4, -0.2) is 12.5 Å². The molecule has 0 spiro atoms. The van der Waals surface area contributed by atoms with Gasteiger partial charge in [-0.2, -0.15) is 0 Å². The van der Waals surface area contributed by atoms with Gasteiger partial charge >= 0.3 is 0 Å². The maximum absolute atomic E-state index is 5.59. The molecule has 0 fully saturated rings. The summed E-state index contributed by atoms with van der Waals surface area (Å²) in [6.07, 6.45) is 3.27. The Kier molecular flexibility index (Phi) is 6.04. The quantitative estimate of drug-likeness (QED) is 0.558. The van der Waals surface area contributed by atoms with Gasteiger partial charge in [0.05, 0.1) is 11.1 Å².